The molecule has 1 N–H and O–H groups in total. The summed E-state index contributed by atoms with van der Waals surface area (Å²) in [5.41, 5.74) is 3.28. The van der Waals surface area contributed by atoms with Crippen LogP contribution < -0.4 is 4.49 Å². The zero-order valence-electron chi connectivity index (χ0n) is 9.05. The summed E-state index contributed by atoms with van der Waals surface area (Å²) in [5, 5.41) is 9.88. The van der Waals surface area contributed by atoms with E-state index in [0.29, 0.717) is 0 Å². The van der Waals surface area contributed by atoms with E-state index in [1.54, 1.807) is 12.1 Å². The van der Waals surface area contributed by atoms with E-state index in [2.05, 4.69) is 4.98 Å². The van der Waals surface area contributed by atoms with E-state index in [1.165, 1.54) is 0 Å². The Morgan fingerprint density at radius 1 is 1.00 bits per heavy atom. The van der Waals surface area contributed by atoms with Gasteiger partial charge in [0.25, 0.3) is 0 Å². The predicted octanol–water partition coefficient (Wildman–Crippen LogP) is 2.37. The summed E-state index contributed by atoms with van der Waals surface area (Å²) in [4.78, 5) is 4.41. The number of rotatable bonds is 1. The van der Waals surface area contributed by atoms with E-state index in [1.807, 2.05) is 30.3 Å². The SMILES string of the molecule is Oc1ccccc1-c1cccc2o[c]([Zn])nc12. The zero-order valence-corrected chi connectivity index (χ0v) is 12.0. The Balaban J connectivity index is 2.34. The van der Waals surface area contributed by atoms with Gasteiger partial charge in [0, 0.05) is 0 Å². The zero-order chi connectivity index (χ0) is 11.8. The van der Waals surface area contributed by atoms with Crippen molar-refractivity contribution in [2.24, 2.45) is 0 Å². The Hall–Kier alpha value is -1.67. The molecule has 1 aromatic heterocycles. The number of fused-ring (bicyclic) bond motifs is 1. The topological polar surface area (TPSA) is 46.3 Å². The number of para-hydroxylation sites is 2. The van der Waals surface area contributed by atoms with Gasteiger partial charge in [-0.3, -0.25) is 0 Å². The summed E-state index contributed by atoms with van der Waals surface area (Å²) in [6, 6.07) is 13.0. The third kappa shape index (κ3) is 1.75. The molecule has 3 aromatic rings. The van der Waals surface area contributed by atoms with Crippen molar-refractivity contribution in [1.29, 1.82) is 0 Å². The van der Waals surface area contributed by atoms with Gasteiger partial charge in [0.2, 0.25) is 0 Å². The molecular weight excluding hydrogens is 268 g/mol. The Bertz CT molecular complexity index is 691. The van der Waals surface area contributed by atoms with E-state index in [-0.39, 0.29) is 5.75 Å². The van der Waals surface area contributed by atoms with Crippen LogP contribution in [-0.2, 0) is 18.3 Å². The first-order chi connectivity index (χ1) is 8.25. The second-order valence-corrected chi connectivity index (χ2v) is 5.05. The normalized spacial score (nSPS) is 10.9. The first-order valence-electron chi connectivity index (χ1n) is 5.25. The fraction of sp³-hybridized carbons (Fsp3) is 0. The summed E-state index contributed by atoms with van der Waals surface area (Å²) in [7, 11) is 0. The summed E-state index contributed by atoms with van der Waals surface area (Å²) in [6.45, 7) is 0. The summed E-state index contributed by atoms with van der Waals surface area (Å²) in [5.74, 6) is 0.261. The monoisotopic (exact) mass is 274 g/mol. The Labute approximate surface area is 108 Å². The van der Waals surface area contributed by atoms with Crippen molar-refractivity contribution < 1.29 is 27.8 Å². The minimum atomic E-state index is 0.261. The third-order valence-electron chi connectivity index (χ3n) is 2.66. The average molecular weight is 276 g/mol. The van der Waals surface area contributed by atoms with Crippen molar-refractivity contribution in [3.8, 4) is 16.9 Å². The molecule has 0 radical (unpaired) electrons. The molecule has 3 rings (SSSR count). The fourth-order valence-electron chi connectivity index (χ4n) is 1.91. The Morgan fingerprint density at radius 3 is 2.59 bits per heavy atom. The molecule has 0 aliphatic heterocycles. The predicted molar refractivity (Wildman–Crippen MR) is 60.7 cm³/mol. The molecule has 17 heavy (non-hydrogen) atoms. The number of hydrogen-bond donors (Lipinski definition) is 1. The van der Waals surface area contributed by atoms with Crippen molar-refractivity contribution >= 4 is 15.6 Å². The van der Waals surface area contributed by atoms with E-state index in [4.69, 9.17) is 4.42 Å². The number of nitrogens with zero attached hydrogens (tertiary/aromatic N) is 1. The quantitative estimate of drug-likeness (QED) is 0.694. The number of aromatic hydroxyl groups is 1. The second kappa shape index (κ2) is 3.97. The van der Waals surface area contributed by atoms with Gasteiger partial charge in [-0.2, -0.15) is 0 Å². The molecule has 4 heteroatoms. The molecule has 0 aliphatic rings. The van der Waals surface area contributed by atoms with Gasteiger partial charge in [-0.1, -0.05) is 0 Å². The van der Waals surface area contributed by atoms with Crippen molar-refractivity contribution in [1.82, 2.24) is 4.98 Å². The van der Waals surface area contributed by atoms with Gasteiger partial charge >= 0.3 is 108 Å². The van der Waals surface area contributed by atoms with Crippen LogP contribution in [0.25, 0.3) is 22.2 Å². The van der Waals surface area contributed by atoms with Gasteiger partial charge in [0.1, 0.15) is 0 Å². The molecule has 0 saturated carbocycles. The van der Waals surface area contributed by atoms with Crippen LogP contribution in [0.4, 0.5) is 0 Å². The van der Waals surface area contributed by atoms with E-state index in [9.17, 15) is 5.11 Å². The maximum atomic E-state index is 9.88. The molecule has 0 bridgehead atoms. The molecule has 0 aliphatic carbocycles. The Kier molecular flexibility index (Phi) is 2.45. The second-order valence-electron chi connectivity index (χ2n) is 3.78. The van der Waals surface area contributed by atoms with E-state index >= 15 is 0 Å². The van der Waals surface area contributed by atoms with Crippen LogP contribution in [0.15, 0.2) is 46.9 Å². The number of aromatic nitrogens is 1. The van der Waals surface area contributed by atoms with E-state index in [0.717, 1.165) is 45.0 Å². The summed E-state index contributed by atoms with van der Waals surface area (Å²) in [6.07, 6.45) is 0. The minimum absolute atomic E-state index is 0.261. The Morgan fingerprint density at radius 2 is 1.76 bits per heavy atom. The number of phenolic OH excluding ortho intramolecular Hbond substituents is 1. The van der Waals surface area contributed by atoms with Crippen LogP contribution in [0.5, 0.6) is 5.75 Å². The number of hydrogen-bond acceptors (Lipinski definition) is 3. The van der Waals surface area contributed by atoms with Crippen LogP contribution in [0.1, 0.15) is 0 Å². The average Bonchev–Trinajstić information content (AvgIpc) is 2.70. The van der Waals surface area contributed by atoms with E-state index < -0.39 is 0 Å². The molecule has 79 valence electrons. The number of oxazole rings is 1. The van der Waals surface area contributed by atoms with Crippen molar-refractivity contribution in [3.63, 3.8) is 0 Å². The van der Waals surface area contributed by atoms with Crippen LogP contribution in [0, 0.1) is 0 Å². The van der Waals surface area contributed by atoms with Crippen LogP contribution in [0.3, 0.4) is 0 Å². The molecule has 2 aromatic carbocycles. The number of phenols is 1. The molecular formula is C13H8NO2Zn. The fourth-order valence-corrected chi connectivity index (χ4v) is 2.57. The molecule has 0 unspecified atom stereocenters. The van der Waals surface area contributed by atoms with Crippen molar-refractivity contribution in [2.45, 2.75) is 0 Å². The molecule has 3 nitrogen and oxygen atoms in total. The van der Waals surface area contributed by atoms with Gasteiger partial charge in [-0.25, -0.2) is 0 Å². The van der Waals surface area contributed by atoms with Crippen molar-refractivity contribution in [3.05, 3.63) is 42.5 Å². The first-order valence-corrected chi connectivity index (χ1v) is 6.74. The molecule has 0 saturated heterocycles. The van der Waals surface area contributed by atoms with Gasteiger partial charge < -0.3 is 0 Å². The van der Waals surface area contributed by atoms with Gasteiger partial charge in [0.15, 0.2) is 0 Å². The van der Waals surface area contributed by atoms with Crippen LogP contribution >= 0.6 is 0 Å². The van der Waals surface area contributed by atoms with Gasteiger partial charge in [-0.15, -0.1) is 0 Å². The molecule has 0 amide bonds. The van der Waals surface area contributed by atoms with Gasteiger partial charge in [0.05, 0.1) is 0 Å². The van der Waals surface area contributed by atoms with Crippen LogP contribution in [0.2, 0.25) is 0 Å². The molecule has 0 fully saturated rings. The summed E-state index contributed by atoms with van der Waals surface area (Å²) < 4.78 is 6.29. The molecule has 0 spiro atoms. The number of benzene rings is 2. The van der Waals surface area contributed by atoms with Gasteiger partial charge in [-0.05, 0) is 0 Å². The summed E-state index contributed by atoms with van der Waals surface area (Å²) >= 11 is 0.884. The first kappa shape index (κ1) is 10.5. The molecule has 0 atom stereocenters. The maximum absolute atomic E-state index is 9.88. The van der Waals surface area contributed by atoms with Crippen LogP contribution in [-0.4, -0.2) is 10.1 Å². The standard InChI is InChI=1S/C13H8NO2.Zn/c15-11-6-2-1-4-9(11)10-5-3-7-12-13(10)14-8-16-12;/h1-7,15H;. The van der Waals surface area contributed by atoms with Crippen molar-refractivity contribution in [2.75, 3.05) is 0 Å². The third-order valence-corrected chi connectivity index (χ3v) is 3.29. The molecule has 1 heterocycles.